The van der Waals surface area contributed by atoms with Crippen LogP contribution in [0.4, 0.5) is 11.4 Å². The van der Waals surface area contributed by atoms with Crippen LogP contribution in [0.5, 0.6) is 11.5 Å². The number of hydrogen-bond donors (Lipinski definition) is 2. The van der Waals surface area contributed by atoms with Crippen molar-refractivity contribution in [3.63, 3.8) is 0 Å². The first-order valence-electron chi connectivity index (χ1n) is 16.8. The Hall–Kier alpha value is -5.20. The monoisotopic (exact) mass is 706 g/mol. The molecule has 0 saturated carbocycles. The number of hydrogen-bond acceptors (Lipinski definition) is 8. The Morgan fingerprint density at radius 1 is 0.784 bits per heavy atom. The van der Waals surface area contributed by atoms with E-state index in [-0.39, 0.29) is 23.5 Å². The van der Waals surface area contributed by atoms with Crippen LogP contribution in [0.3, 0.4) is 0 Å². The van der Waals surface area contributed by atoms with Crippen LogP contribution in [-0.2, 0) is 28.0 Å². The standard InChI is InChI=1S/C40H42N4O6S/c1-31(45)41-34-17-23-40(24-18-34)51(47,48)44(35-15-9-4-10-16-35)43-26-36(27-43)42(25-32-11-5-2-6-12-32)28-37(46)30-50-39-21-19-38(20-22-39)49-29-33-13-7-3-8-14-33/h2-24,36-37,46H,25-30H2,1H3,(H,41,45). The van der Waals surface area contributed by atoms with Gasteiger partial charge in [-0.2, -0.15) is 12.8 Å². The number of aliphatic hydroxyl groups excluding tert-OH is 1. The number of amides is 1. The number of carbonyl (C=O) groups is 1. The number of benzene rings is 5. The number of para-hydroxylation sites is 1. The van der Waals surface area contributed by atoms with Crippen LogP contribution >= 0.6 is 0 Å². The summed E-state index contributed by atoms with van der Waals surface area (Å²) in [5.74, 6) is 1.11. The highest BCUT2D eigenvalue weighted by molar-refractivity contribution is 7.92. The van der Waals surface area contributed by atoms with E-state index in [2.05, 4.69) is 10.2 Å². The Labute approximate surface area is 299 Å². The van der Waals surface area contributed by atoms with E-state index in [4.69, 9.17) is 9.47 Å². The van der Waals surface area contributed by atoms with Crippen molar-refractivity contribution < 1.29 is 27.8 Å². The molecule has 1 saturated heterocycles. The maximum atomic E-state index is 14.1. The van der Waals surface area contributed by atoms with E-state index in [0.717, 1.165) is 16.9 Å². The Morgan fingerprint density at radius 3 is 1.92 bits per heavy atom. The molecule has 5 aromatic carbocycles. The van der Waals surface area contributed by atoms with Crippen molar-refractivity contribution in [3.05, 3.63) is 151 Å². The van der Waals surface area contributed by atoms with Gasteiger partial charge in [0.1, 0.15) is 30.8 Å². The minimum atomic E-state index is -4.00. The molecule has 1 atom stereocenters. The van der Waals surface area contributed by atoms with Gasteiger partial charge in [0, 0.05) is 44.8 Å². The molecule has 0 bridgehead atoms. The van der Waals surface area contributed by atoms with E-state index in [0.29, 0.717) is 49.9 Å². The summed E-state index contributed by atoms with van der Waals surface area (Å²) in [6.07, 6.45) is -0.798. The second kappa shape index (κ2) is 16.7. The lowest BCUT2D eigenvalue weighted by Gasteiger charge is -2.50. The van der Waals surface area contributed by atoms with Crippen LogP contribution in [0.15, 0.2) is 144 Å². The smallest absolute Gasteiger partial charge is 0.277 e. The number of nitrogens with one attached hydrogen (secondary N) is 1. The largest absolute Gasteiger partial charge is 0.491 e. The minimum Gasteiger partial charge on any atom is -0.491 e. The van der Waals surface area contributed by atoms with Gasteiger partial charge in [-0.1, -0.05) is 78.9 Å². The fourth-order valence-corrected chi connectivity index (χ4v) is 7.40. The van der Waals surface area contributed by atoms with Crippen molar-refractivity contribution in [1.82, 2.24) is 9.91 Å². The van der Waals surface area contributed by atoms with Crippen LogP contribution in [0.2, 0.25) is 0 Å². The SMILES string of the molecule is CC(=O)Nc1ccc(S(=O)(=O)N(c2ccccc2)N2CC(N(Cc3ccccc3)CC(O)COc3ccc(OCc4ccccc4)cc3)C2)cc1. The molecule has 11 heteroatoms. The summed E-state index contributed by atoms with van der Waals surface area (Å²) in [4.78, 5) is 13.8. The second-order valence-electron chi connectivity index (χ2n) is 12.4. The van der Waals surface area contributed by atoms with Crippen LogP contribution in [-0.4, -0.2) is 67.7 Å². The van der Waals surface area contributed by atoms with Crippen molar-refractivity contribution >= 4 is 27.3 Å². The summed E-state index contributed by atoms with van der Waals surface area (Å²) in [7, 11) is -4.00. The van der Waals surface area contributed by atoms with E-state index in [1.54, 1.807) is 41.4 Å². The van der Waals surface area contributed by atoms with Gasteiger partial charge in [0.15, 0.2) is 0 Å². The molecule has 1 aliphatic heterocycles. The van der Waals surface area contributed by atoms with Gasteiger partial charge in [-0.15, -0.1) is 0 Å². The molecule has 1 heterocycles. The number of aliphatic hydroxyl groups is 1. The highest BCUT2D eigenvalue weighted by atomic mass is 32.2. The average Bonchev–Trinajstić information content (AvgIpc) is 3.12. The lowest BCUT2D eigenvalue weighted by molar-refractivity contribution is -0.114. The number of ether oxygens (including phenoxy) is 2. The van der Waals surface area contributed by atoms with Crippen molar-refractivity contribution in [3.8, 4) is 11.5 Å². The lowest BCUT2D eigenvalue weighted by atomic mass is 10.1. The molecule has 264 valence electrons. The van der Waals surface area contributed by atoms with Gasteiger partial charge in [0.05, 0.1) is 10.6 Å². The quantitative estimate of drug-likeness (QED) is 0.129. The fourth-order valence-electron chi connectivity index (χ4n) is 5.88. The Morgan fingerprint density at radius 2 is 1.33 bits per heavy atom. The molecule has 0 spiro atoms. The zero-order valence-electron chi connectivity index (χ0n) is 28.4. The third kappa shape index (κ3) is 9.53. The molecule has 1 fully saturated rings. The summed E-state index contributed by atoms with van der Waals surface area (Å²) >= 11 is 0. The van der Waals surface area contributed by atoms with Gasteiger partial charge >= 0.3 is 0 Å². The van der Waals surface area contributed by atoms with Crippen LogP contribution in [0, 0.1) is 0 Å². The third-order valence-corrected chi connectivity index (χ3v) is 10.2. The van der Waals surface area contributed by atoms with Crippen molar-refractivity contribution in [2.45, 2.75) is 37.1 Å². The molecular weight excluding hydrogens is 665 g/mol. The van der Waals surface area contributed by atoms with Gasteiger partial charge in [-0.05, 0) is 71.8 Å². The molecule has 10 nitrogen and oxygen atoms in total. The number of nitrogens with zero attached hydrogens (tertiary/aromatic N) is 3. The van der Waals surface area contributed by atoms with E-state index >= 15 is 0 Å². The zero-order chi connectivity index (χ0) is 35.6. The molecule has 0 aliphatic carbocycles. The molecule has 2 N–H and O–H groups in total. The topological polar surface area (TPSA) is 112 Å². The van der Waals surface area contributed by atoms with Crippen LogP contribution in [0.25, 0.3) is 0 Å². The summed E-state index contributed by atoms with van der Waals surface area (Å²) in [5.41, 5.74) is 3.20. The van der Waals surface area contributed by atoms with Gasteiger partial charge in [-0.25, -0.2) is 5.01 Å². The van der Waals surface area contributed by atoms with Crippen molar-refractivity contribution in [1.29, 1.82) is 0 Å². The first-order valence-corrected chi connectivity index (χ1v) is 18.3. The number of hydrazine groups is 1. The summed E-state index contributed by atoms with van der Waals surface area (Å²) in [6, 6.07) is 42.4. The predicted molar refractivity (Wildman–Crippen MR) is 198 cm³/mol. The zero-order valence-corrected chi connectivity index (χ0v) is 29.2. The maximum absolute atomic E-state index is 14.1. The highest BCUT2D eigenvalue weighted by Gasteiger charge is 2.41. The van der Waals surface area contributed by atoms with Gasteiger partial charge in [-0.3, -0.25) is 9.69 Å². The first-order chi connectivity index (χ1) is 24.7. The number of carbonyl (C=O) groups excluding carboxylic acids is 1. The molecule has 51 heavy (non-hydrogen) atoms. The third-order valence-electron chi connectivity index (χ3n) is 8.48. The second-order valence-corrected chi connectivity index (χ2v) is 14.2. The van der Waals surface area contributed by atoms with E-state index in [9.17, 15) is 18.3 Å². The summed E-state index contributed by atoms with van der Waals surface area (Å²) in [5, 5.41) is 15.6. The average molecular weight is 707 g/mol. The van der Waals surface area contributed by atoms with Crippen molar-refractivity contribution in [2.24, 2.45) is 0 Å². The molecular formula is C40H42N4O6S. The first kappa shape index (κ1) is 35.6. The number of anilines is 2. The molecule has 1 aliphatic rings. The number of rotatable bonds is 16. The minimum absolute atomic E-state index is 0.0375. The van der Waals surface area contributed by atoms with E-state index < -0.39 is 16.1 Å². The maximum Gasteiger partial charge on any atom is 0.277 e. The van der Waals surface area contributed by atoms with Crippen LogP contribution < -0.4 is 19.2 Å². The van der Waals surface area contributed by atoms with E-state index in [1.807, 2.05) is 91.0 Å². The molecule has 0 radical (unpaired) electrons. The fraction of sp³-hybridized carbons (Fsp3) is 0.225. The molecule has 1 unspecified atom stereocenters. The van der Waals surface area contributed by atoms with Gasteiger partial charge in [0.25, 0.3) is 10.0 Å². The lowest BCUT2D eigenvalue weighted by Crippen LogP contribution is -2.66. The summed E-state index contributed by atoms with van der Waals surface area (Å²) in [6.45, 7) is 3.70. The molecule has 6 rings (SSSR count). The Kier molecular flexibility index (Phi) is 11.6. The van der Waals surface area contributed by atoms with E-state index in [1.165, 1.54) is 23.5 Å². The predicted octanol–water partition coefficient (Wildman–Crippen LogP) is 5.96. The normalized spacial score (nSPS) is 14.0. The van der Waals surface area contributed by atoms with Crippen LogP contribution in [0.1, 0.15) is 18.1 Å². The highest BCUT2D eigenvalue weighted by Crippen LogP contribution is 2.31. The Balaban J connectivity index is 1.11. The molecule has 1 amide bonds. The molecule has 5 aromatic rings. The van der Waals surface area contributed by atoms with Crippen molar-refractivity contribution in [2.75, 3.05) is 36.0 Å². The Bertz CT molecular complexity index is 1940. The summed E-state index contributed by atoms with van der Waals surface area (Å²) < 4.78 is 41.4. The molecule has 0 aromatic heterocycles. The number of sulfonamides is 1. The van der Waals surface area contributed by atoms with Gasteiger partial charge < -0.3 is 19.9 Å². The van der Waals surface area contributed by atoms with Gasteiger partial charge in [0.2, 0.25) is 5.91 Å².